The van der Waals surface area contributed by atoms with Crippen LogP contribution in [0.15, 0.2) is 0 Å². The molecule has 0 aromatic heterocycles. The molecule has 0 unspecified atom stereocenters. The van der Waals surface area contributed by atoms with Gasteiger partial charge in [0.1, 0.15) is 0 Å². The molecular formula is C4H10Ca2O3. The van der Waals surface area contributed by atoms with E-state index in [9.17, 15) is 0 Å². The van der Waals surface area contributed by atoms with Crippen LogP contribution in [-0.4, -0.2) is 86.9 Å². The molecule has 0 aliphatic heterocycles. The first-order chi connectivity index (χ1) is 1.73. The van der Waals surface area contributed by atoms with Gasteiger partial charge in [0.15, 0.2) is 0 Å². The second-order valence-electron chi connectivity index (χ2n) is 0.492. The number of carbonyl (C=O) groups is 1. The van der Waals surface area contributed by atoms with Gasteiger partial charge in [-0.25, -0.2) is 0 Å². The zero-order chi connectivity index (χ0) is 3.58. The molecule has 48 valence electrons. The Labute approximate surface area is 117 Å². The zero-order valence-corrected chi connectivity index (χ0v) is 10.6. The van der Waals surface area contributed by atoms with E-state index in [1.807, 2.05) is 0 Å². The molecule has 0 rings (SSSR count). The van der Waals surface area contributed by atoms with Crippen molar-refractivity contribution in [2.24, 2.45) is 0 Å². The van der Waals surface area contributed by atoms with Crippen LogP contribution >= 0.6 is 0 Å². The third-order valence-electron chi connectivity index (χ3n) is 0. The van der Waals surface area contributed by atoms with Gasteiger partial charge in [0.25, 0.3) is 0 Å². The Morgan fingerprint density at radius 1 is 1.22 bits per heavy atom. The fraction of sp³-hybridized carbons (Fsp3) is 0.250. The van der Waals surface area contributed by atoms with Crippen molar-refractivity contribution in [3.05, 3.63) is 14.9 Å². The van der Waals surface area contributed by atoms with Crippen molar-refractivity contribution in [2.75, 3.05) is 0 Å². The molecule has 0 heterocycles. The van der Waals surface area contributed by atoms with Crippen molar-refractivity contribution in [1.29, 1.82) is 0 Å². The molecule has 0 spiro atoms. The smallest absolute Gasteiger partial charge is 0.870 e. The second kappa shape index (κ2) is 32.5. The van der Waals surface area contributed by atoms with E-state index < -0.39 is 5.97 Å². The monoisotopic (exact) mass is 186 g/mol. The molecule has 0 aliphatic rings. The molecule has 0 aliphatic carbocycles. The molecule has 0 amide bonds. The first-order valence-electron chi connectivity index (χ1n) is 0.908. The fourth-order valence-electron chi connectivity index (χ4n) is 0. The number of rotatable bonds is 0. The minimum Gasteiger partial charge on any atom is -0.870 e. The molecule has 0 aromatic carbocycles. The van der Waals surface area contributed by atoms with Crippen LogP contribution in [0.4, 0.5) is 0 Å². The molecule has 5 heteroatoms. The molecule has 1 N–H and O–H groups in total. The Balaban J connectivity index is -0.00000000450. The normalized spacial score (nSPS) is 2.78. The van der Waals surface area contributed by atoms with E-state index in [1.165, 1.54) is 0 Å². The fourth-order valence-corrected chi connectivity index (χ4v) is 0. The minimum absolute atomic E-state index is 0. The summed E-state index contributed by atoms with van der Waals surface area (Å²) in [6.07, 6.45) is 0. The average Bonchev–Trinajstić information content (AvgIpc) is 0.811. The van der Waals surface area contributed by atoms with Gasteiger partial charge in [0, 0.05) is 5.97 Å². The van der Waals surface area contributed by atoms with Crippen LogP contribution in [0.2, 0.25) is 0 Å². The quantitative estimate of drug-likeness (QED) is 0.349. The predicted octanol–water partition coefficient (Wildman–Crippen LogP) is -1.28. The number of carboxylic acids is 1. The Morgan fingerprint density at radius 2 is 1.22 bits per heavy atom. The number of carboxylic acid groups (broad SMARTS) is 1. The Bertz CT molecular complexity index is 36.8. The van der Waals surface area contributed by atoms with Crippen LogP contribution < -0.4 is 5.11 Å². The van der Waals surface area contributed by atoms with Crippen molar-refractivity contribution in [1.82, 2.24) is 0 Å². The molecule has 0 radical (unpaired) electrons. The molecule has 0 saturated heterocycles. The van der Waals surface area contributed by atoms with E-state index in [1.54, 1.807) is 0 Å². The van der Waals surface area contributed by atoms with Crippen LogP contribution in [0.25, 0.3) is 0 Å². The van der Waals surface area contributed by atoms with Crippen molar-refractivity contribution >= 4 is 81.4 Å². The van der Waals surface area contributed by atoms with E-state index >= 15 is 0 Å². The number of carbonyl (C=O) groups excluding carboxylic acids is 1. The second-order valence-corrected chi connectivity index (χ2v) is 0.492. The van der Waals surface area contributed by atoms with Gasteiger partial charge in [-0.05, 0) is 6.92 Å². The largest absolute Gasteiger partial charge is 2.00 e. The maximum atomic E-state index is 8.89. The first kappa shape index (κ1) is 44.2. The van der Waals surface area contributed by atoms with Gasteiger partial charge in [-0.1, -0.05) is 0 Å². The summed E-state index contributed by atoms with van der Waals surface area (Å²) >= 11 is 0. The van der Waals surface area contributed by atoms with E-state index in [0.717, 1.165) is 6.92 Å². The Kier molecular flexibility index (Phi) is 160. The summed E-state index contributed by atoms with van der Waals surface area (Å²) in [5, 5.41) is 8.89. The number of hydrogen-bond acceptors (Lipinski definition) is 3. The van der Waals surface area contributed by atoms with Gasteiger partial charge >= 0.3 is 75.5 Å². The molecule has 3 nitrogen and oxygen atoms in total. The van der Waals surface area contributed by atoms with Crippen LogP contribution in [0.3, 0.4) is 0 Å². The summed E-state index contributed by atoms with van der Waals surface area (Å²) < 4.78 is 0. The van der Waals surface area contributed by atoms with E-state index in [0.29, 0.717) is 0 Å². The standard InChI is InChI=1S/C2H4O2.2CH3.2Ca.H2O/c1-2(3)4;;;;;/h1H3,(H,3,4);2*1H3;;;1H2/q;2*-1;2*+2;/p-2. The van der Waals surface area contributed by atoms with Crippen LogP contribution in [0.5, 0.6) is 0 Å². The molecule has 0 fully saturated rings. The summed E-state index contributed by atoms with van der Waals surface area (Å²) in [5.41, 5.74) is 0. The minimum atomic E-state index is -1.08. The summed E-state index contributed by atoms with van der Waals surface area (Å²) in [7, 11) is 0. The third kappa shape index (κ3) is 165. The molecule has 0 saturated carbocycles. The first-order valence-corrected chi connectivity index (χ1v) is 0.908. The van der Waals surface area contributed by atoms with Crippen LogP contribution in [0, 0.1) is 14.9 Å². The topological polar surface area (TPSA) is 70.1 Å². The average molecular weight is 186 g/mol. The van der Waals surface area contributed by atoms with Gasteiger partial charge in [0.05, 0.1) is 0 Å². The summed E-state index contributed by atoms with van der Waals surface area (Å²) in [5.74, 6) is -1.08. The molecule has 9 heavy (non-hydrogen) atoms. The van der Waals surface area contributed by atoms with Crippen LogP contribution in [0.1, 0.15) is 6.92 Å². The Morgan fingerprint density at radius 3 is 1.22 bits per heavy atom. The van der Waals surface area contributed by atoms with Crippen molar-refractivity contribution in [3.63, 3.8) is 0 Å². The van der Waals surface area contributed by atoms with Crippen molar-refractivity contribution in [3.8, 4) is 0 Å². The molecule has 0 bridgehead atoms. The Hall–Kier alpha value is 1.95. The summed E-state index contributed by atoms with van der Waals surface area (Å²) in [6.45, 7) is 0.972. The van der Waals surface area contributed by atoms with E-state index in [-0.39, 0.29) is 95.8 Å². The van der Waals surface area contributed by atoms with Crippen molar-refractivity contribution in [2.45, 2.75) is 6.92 Å². The zero-order valence-electron chi connectivity index (χ0n) is 6.18. The van der Waals surface area contributed by atoms with Crippen molar-refractivity contribution < 1.29 is 15.4 Å². The van der Waals surface area contributed by atoms with Crippen LogP contribution in [-0.2, 0) is 4.79 Å². The predicted molar refractivity (Wildman–Crippen MR) is 37.0 cm³/mol. The SMILES string of the molecule is CC(=O)[O-].[CH3-].[CH3-].[Ca+2].[Ca+2].[OH-]. The van der Waals surface area contributed by atoms with Gasteiger partial charge in [0.2, 0.25) is 0 Å². The number of hydrogen-bond donors (Lipinski definition) is 0. The molecular weight excluding hydrogens is 176 g/mol. The van der Waals surface area contributed by atoms with E-state index in [4.69, 9.17) is 9.90 Å². The maximum absolute atomic E-state index is 8.89. The number of aliphatic carboxylic acids is 1. The van der Waals surface area contributed by atoms with Gasteiger partial charge in [-0.2, -0.15) is 0 Å². The maximum Gasteiger partial charge on any atom is 2.00 e. The van der Waals surface area contributed by atoms with Gasteiger partial charge in [-0.15, -0.1) is 0 Å². The summed E-state index contributed by atoms with van der Waals surface area (Å²) in [4.78, 5) is 8.89. The van der Waals surface area contributed by atoms with Gasteiger partial charge in [-0.3, -0.25) is 0 Å². The molecule has 0 atom stereocenters. The third-order valence-corrected chi connectivity index (χ3v) is 0. The van der Waals surface area contributed by atoms with E-state index in [2.05, 4.69) is 0 Å². The van der Waals surface area contributed by atoms with Gasteiger partial charge < -0.3 is 30.2 Å². The summed E-state index contributed by atoms with van der Waals surface area (Å²) in [6, 6.07) is 0. The molecule has 0 aromatic rings.